The van der Waals surface area contributed by atoms with E-state index < -0.39 is 0 Å². The predicted octanol–water partition coefficient (Wildman–Crippen LogP) is 3.27. The molecule has 0 saturated carbocycles. The van der Waals surface area contributed by atoms with E-state index in [1.807, 2.05) is 12.1 Å². The predicted molar refractivity (Wildman–Crippen MR) is 80.0 cm³/mol. The van der Waals surface area contributed by atoms with Gasteiger partial charge in [-0.25, -0.2) is 0 Å². The highest BCUT2D eigenvalue weighted by Gasteiger charge is 2.13. The van der Waals surface area contributed by atoms with Gasteiger partial charge in [-0.05, 0) is 59.0 Å². The van der Waals surface area contributed by atoms with Gasteiger partial charge in [0.05, 0.1) is 0 Å². The third kappa shape index (κ3) is 2.81. The zero-order chi connectivity index (χ0) is 13.1. The Hall–Kier alpha value is -1.56. The number of phenols is 1. The van der Waals surface area contributed by atoms with Crippen LogP contribution in [0, 0.1) is 3.57 Å². The van der Waals surface area contributed by atoms with Crippen molar-refractivity contribution in [2.45, 2.75) is 0 Å². The molecule has 0 radical (unpaired) electrons. The number of carbonyl (C=O) groups excluding carboxylic acids is 1. The van der Waals surface area contributed by atoms with Crippen LogP contribution in [0.15, 0.2) is 48.5 Å². The van der Waals surface area contributed by atoms with Crippen molar-refractivity contribution >= 4 is 34.2 Å². The minimum atomic E-state index is -0.1000. The first kappa shape index (κ1) is 12.9. The smallest absolute Gasteiger partial charge is 0.258 e. The Kier molecular flexibility index (Phi) is 3.86. The number of hydrogen-bond donors (Lipinski definition) is 1. The summed E-state index contributed by atoms with van der Waals surface area (Å²) in [5.74, 6) is 0.0479. The molecule has 0 saturated heterocycles. The maximum Gasteiger partial charge on any atom is 0.258 e. The number of nitrogens with zero attached hydrogens (tertiary/aromatic N) is 1. The number of rotatable bonds is 2. The van der Waals surface area contributed by atoms with E-state index in [2.05, 4.69) is 22.6 Å². The zero-order valence-electron chi connectivity index (χ0n) is 9.80. The molecule has 0 aliphatic carbocycles. The van der Waals surface area contributed by atoms with Crippen LogP contribution < -0.4 is 4.90 Å². The first-order valence-corrected chi connectivity index (χ1v) is 6.48. The molecule has 3 nitrogen and oxygen atoms in total. The second kappa shape index (κ2) is 5.39. The molecule has 0 aliphatic heterocycles. The fourth-order valence-electron chi connectivity index (χ4n) is 1.61. The third-order valence-electron chi connectivity index (χ3n) is 2.61. The van der Waals surface area contributed by atoms with Crippen LogP contribution in [-0.2, 0) is 0 Å². The van der Waals surface area contributed by atoms with Crippen molar-refractivity contribution in [1.29, 1.82) is 0 Å². The van der Waals surface area contributed by atoms with E-state index in [4.69, 9.17) is 0 Å². The zero-order valence-corrected chi connectivity index (χ0v) is 12.0. The Bertz CT molecular complexity index is 566. The van der Waals surface area contributed by atoms with E-state index in [0.717, 1.165) is 3.57 Å². The van der Waals surface area contributed by atoms with Gasteiger partial charge < -0.3 is 10.0 Å². The normalized spacial score (nSPS) is 10.1. The monoisotopic (exact) mass is 353 g/mol. The average Bonchev–Trinajstić information content (AvgIpc) is 2.38. The van der Waals surface area contributed by atoms with Crippen molar-refractivity contribution < 1.29 is 9.90 Å². The lowest BCUT2D eigenvalue weighted by atomic mass is 10.2. The molecule has 0 spiro atoms. The second-order valence-corrected chi connectivity index (χ2v) is 5.14. The van der Waals surface area contributed by atoms with Gasteiger partial charge in [0, 0.05) is 27.9 Å². The molecule has 0 atom stereocenters. The summed E-state index contributed by atoms with van der Waals surface area (Å²) in [5.41, 5.74) is 1.29. The second-order valence-electron chi connectivity index (χ2n) is 3.89. The van der Waals surface area contributed by atoms with Gasteiger partial charge in [0.25, 0.3) is 5.91 Å². The molecule has 92 valence electrons. The van der Waals surface area contributed by atoms with Crippen LogP contribution >= 0.6 is 22.6 Å². The number of anilines is 1. The van der Waals surface area contributed by atoms with Crippen molar-refractivity contribution in [1.82, 2.24) is 0 Å². The molecular weight excluding hydrogens is 341 g/mol. The van der Waals surface area contributed by atoms with Gasteiger partial charge in [0.15, 0.2) is 0 Å². The van der Waals surface area contributed by atoms with E-state index in [0.29, 0.717) is 11.3 Å². The molecule has 2 rings (SSSR count). The lowest BCUT2D eigenvalue weighted by molar-refractivity contribution is 0.0993. The standard InChI is InChI=1S/C14H12INO2/c1-16(12-3-2-4-13(17)9-12)14(18)10-5-7-11(15)8-6-10/h2-9,17H,1H3. The maximum absolute atomic E-state index is 12.2. The first-order valence-electron chi connectivity index (χ1n) is 5.40. The topological polar surface area (TPSA) is 40.5 Å². The van der Waals surface area contributed by atoms with Crippen molar-refractivity contribution in [3.63, 3.8) is 0 Å². The molecule has 0 unspecified atom stereocenters. The van der Waals surface area contributed by atoms with Gasteiger partial charge >= 0.3 is 0 Å². The fraction of sp³-hybridized carbons (Fsp3) is 0.0714. The van der Waals surface area contributed by atoms with E-state index in [-0.39, 0.29) is 11.7 Å². The van der Waals surface area contributed by atoms with E-state index in [1.54, 1.807) is 43.4 Å². The van der Waals surface area contributed by atoms with Gasteiger partial charge in [0.1, 0.15) is 5.75 Å². The molecule has 0 fully saturated rings. The summed E-state index contributed by atoms with van der Waals surface area (Å²) in [5, 5.41) is 9.41. The molecule has 4 heteroatoms. The Morgan fingerprint density at radius 1 is 1.17 bits per heavy atom. The number of halogens is 1. The van der Waals surface area contributed by atoms with Crippen LogP contribution in [0.25, 0.3) is 0 Å². The summed E-state index contributed by atoms with van der Waals surface area (Å²) in [6.45, 7) is 0. The van der Waals surface area contributed by atoms with Gasteiger partial charge in [-0.3, -0.25) is 4.79 Å². The Morgan fingerprint density at radius 3 is 2.44 bits per heavy atom. The minimum Gasteiger partial charge on any atom is -0.508 e. The van der Waals surface area contributed by atoms with Crippen LogP contribution in [-0.4, -0.2) is 18.1 Å². The number of aromatic hydroxyl groups is 1. The van der Waals surface area contributed by atoms with Gasteiger partial charge in [-0.1, -0.05) is 6.07 Å². The van der Waals surface area contributed by atoms with Crippen molar-refractivity contribution in [2.24, 2.45) is 0 Å². The number of amides is 1. The maximum atomic E-state index is 12.2. The number of hydrogen-bond acceptors (Lipinski definition) is 2. The third-order valence-corrected chi connectivity index (χ3v) is 3.33. The van der Waals surface area contributed by atoms with Crippen LogP contribution in [0.3, 0.4) is 0 Å². The summed E-state index contributed by atoms with van der Waals surface area (Å²) in [7, 11) is 1.69. The summed E-state index contributed by atoms with van der Waals surface area (Å²) < 4.78 is 1.09. The Balaban J connectivity index is 2.26. The molecule has 0 heterocycles. The molecule has 2 aromatic carbocycles. The van der Waals surface area contributed by atoms with Gasteiger partial charge in [0.2, 0.25) is 0 Å². The largest absolute Gasteiger partial charge is 0.508 e. The number of benzene rings is 2. The molecular formula is C14H12INO2. The van der Waals surface area contributed by atoms with Crippen molar-refractivity contribution in [3.8, 4) is 5.75 Å². The Labute approximate surface area is 119 Å². The van der Waals surface area contributed by atoms with Gasteiger partial charge in [-0.2, -0.15) is 0 Å². The summed E-state index contributed by atoms with van der Waals surface area (Å²) in [6, 6.07) is 14.0. The molecule has 2 aromatic rings. The SMILES string of the molecule is CN(C(=O)c1ccc(I)cc1)c1cccc(O)c1. The van der Waals surface area contributed by atoms with E-state index >= 15 is 0 Å². The van der Waals surface area contributed by atoms with Crippen LogP contribution in [0.5, 0.6) is 5.75 Å². The highest BCUT2D eigenvalue weighted by molar-refractivity contribution is 14.1. The van der Waals surface area contributed by atoms with Gasteiger partial charge in [-0.15, -0.1) is 0 Å². The Morgan fingerprint density at radius 2 is 1.83 bits per heavy atom. The molecule has 0 bridgehead atoms. The molecule has 0 aromatic heterocycles. The highest BCUT2D eigenvalue weighted by Crippen LogP contribution is 2.20. The van der Waals surface area contributed by atoms with Crippen LogP contribution in [0.2, 0.25) is 0 Å². The van der Waals surface area contributed by atoms with Crippen molar-refractivity contribution in [2.75, 3.05) is 11.9 Å². The number of carbonyl (C=O) groups is 1. The summed E-state index contributed by atoms with van der Waals surface area (Å²) >= 11 is 2.20. The first-order chi connectivity index (χ1) is 8.58. The molecule has 1 N–H and O–H groups in total. The van der Waals surface area contributed by atoms with E-state index in [1.165, 1.54) is 4.90 Å². The molecule has 0 aliphatic rings. The lowest BCUT2D eigenvalue weighted by Gasteiger charge is -2.17. The molecule has 18 heavy (non-hydrogen) atoms. The average molecular weight is 353 g/mol. The van der Waals surface area contributed by atoms with Crippen LogP contribution in [0.1, 0.15) is 10.4 Å². The fourth-order valence-corrected chi connectivity index (χ4v) is 1.96. The number of phenolic OH excluding ortho intramolecular Hbond substituents is 1. The summed E-state index contributed by atoms with van der Waals surface area (Å²) in [6.07, 6.45) is 0. The van der Waals surface area contributed by atoms with E-state index in [9.17, 15) is 9.90 Å². The lowest BCUT2D eigenvalue weighted by Crippen LogP contribution is -2.26. The quantitative estimate of drug-likeness (QED) is 0.842. The molecule has 1 amide bonds. The summed E-state index contributed by atoms with van der Waals surface area (Å²) in [4.78, 5) is 13.7. The highest BCUT2D eigenvalue weighted by atomic mass is 127. The van der Waals surface area contributed by atoms with Crippen molar-refractivity contribution in [3.05, 3.63) is 57.7 Å². The minimum absolute atomic E-state index is 0.1000. The van der Waals surface area contributed by atoms with Crippen LogP contribution in [0.4, 0.5) is 5.69 Å².